The molecule has 0 unspecified atom stereocenters. The Bertz CT molecular complexity index is 2480. The second-order valence-corrected chi connectivity index (χ2v) is 16.9. The predicted octanol–water partition coefficient (Wildman–Crippen LogP) is 7.83. The Morgan fingerprint density at radius 2 is 1.32 bits per heavy atom. The van der Waals surface area contributed by atoms with Crippen LogP contribution >= 0.6 is 38.5 Å². The Morgan fingerprint density at radius 1 is 0.700 bits per heavy atom. The molecule has 0 atom stereocenters. The van der Waals surface area contributed by atoms with Crippen LogP contribution in [0.1, 0.15) is 62.2 Å². The molecule has 0 aromatic heterocycles. The number of fused-ring (bicyclic) bond motifs is 2. The number of hydrogen-bond donors (Lipinski definition) is 6. The number of piperidine rings is 1. The van der Waals surface area contributed by atoms with Gasteiger partial charge < -0.3 is 20.8 Å². The molecule has 0 saturated carbocycles. The van der Waals surface area contributed by atoms with Crippen molar-refractivity contribution in [3.8, 4) is 16.9 Å². The average molecular weight is 981 g/mol. The minimum Gasteiger partial charge on any atom is -0.507 e. The molecular weight excluding hydrogens is 937 g/mol. The van der Waals surface area contributed by atoms with E-state index in [4.69, 9.17) is 5.11 Å². The fourth-order valence-corrected chi connectivity index (χ4v) is 8.29. The first kappa shape index (κ1) is 42.5. The molecule has 3 aliphatic rings. The molecule has 3 aliphatic heterocycles. The number of aliphatic hydroxyl groups excluding tert-OH is 1. The number of nitrogens with one attached hydrogen (secondary N) is 4. The molecule has 1 fully saturated rings. The zero-order valence-corrected chi connectivity index (χ0v) is 36.3. The third-order valence-corrected chi connectivity index (χ3v) is 11.8. The molecule has 306 valence electrons. The van der Waals surface area contributed by atoms with Gasteiger partial charge in [0, 0.05) is 73.6 Å². The number of aliphatic hydroxyl groups is 1. The summed E-state index contributed by atoms with van der Waals surface area (Å²) in [6.07, 6.45) is 6.47. The van der Waals surface area contributed by atoms with Gasteiger partial charge in [-0.15, -0.1) is 0 Å². The molecule has 60 heavy (non-hydrogen) atoms. The number of imide groups is 2. The monoisotopic (exact) mass is 979 g/mol. The van der Waals surface area contributed by atoms with Crippen molar-refractivity contribution in [3.63, 3.8) is 0 Å². The standard InChI is InChI=1S/C24H26BrN3O3.C23H17IN2O3/c25-18-3-6-20-21(13-18)22(24(31)27-23(20)30)14-26-19-4-1-17(2-5-19)15-28-10-7-16(8-11-28)9-12-29;24-16-7-9-18-19(11-16)20(23(29)26-22(18)28)13-25-12-14-6-8-17(21(27)10-14)15-4-2-1-3-5-15/h1-6,13-14,16,26,29H,7-12,15H2,(H,27,30,31);1-11,13,25,27H,12H2,(H,26,28,29)/b22-14-;20-13-. The molecule has 0 spiro atoms. The number of nitrogens with zero attached hydrogens (tertiary/aromatic N) is 1. The maximum Gasteiger partial charge on any atom is 0.260 e. The molecule has 8 rings (SSSR count). The zero-order chi connectivity index (χ0) is 42.2. The Hall–Kier alpha value is -5.61. The van der Waals surface area contributed by atoms with Crippen molar-refractivity contribution in [1.82, 2.24) is 20.9 Å². The highest BCUT2D eigenvalue weighted by Crippen LogP contribution is 2.31. The van der Waals surface area contributed by atoms with Crippen molar-refractivity contribution >= 4 is 79.0 Å². The van der Waals surface area contributed by atoms with Crippen LogP contribution in [0, 0.1) is 9.49 Å². The summed E-state index contributed by atoms with van der Waals surface area (Å²) in [5.74, 6) is -0.763. The van der Waals surface area contributed by atoms with E-state index in [1.165, 1.54) is 5.56 Å². The predicted molar refractivity (Wildman–Crippen MR) is 244 cm³/mol. The topological polar surface area (TPSA) is 160 Å². The number of likely N-dealkylation sites (tertiary alicyclic amines) is 1. The number of phenols is 1. The Kier molecular flexibility index (Phi) is 13.9. The van der Waals surface area contributed by atoms with Crippen molar-refractivity contribution in [2.24, 2.45) is 5.92 Å². The lowest BCUT2D eigenvalue weighted by Crippen LogP contribution is -2.37. The molecular formula is C47H43BrIN5O6. The number of phenolic OH excluding ortho intramolecular Hbond substituents is 1. The number of aromatic hydroxyl groups is 1. The van der Waals surface area contributed by atoms with Gasteiger partial charge in [0.2, 0.25) is 0 Å². The first-order chi connectivity index (χ1) is 29.1. The second-order valence-electron chi connectivity index (χ2n) is 14.7. The molecule has 13 heteroatoms. The van der Waals surface area contributed by atoms with E-state index in [0.29, 0.717) is 45.9 Å². The Labute approximate surface area is 370 Å². The van der Waals surface area contributed by atoms with Crippen molar-refractivity contribution in [2.45, 2.75) is 32.4 Å². The van der Waals surface area contributed by atoms with E-state index < -0.39 is 11.8 Å². The highest BCUT2D eigenvalue weighted by atomic mass is 127. The maximum absolute atomic E-state index is 12.4. The highest BCUT2D eigenvalue weighted by Gasteiger charge is 2.28. The summed E-state index contributed by atoms with van der Waals surface area (Å²) in [5.41, 5.74) is 7.70. The third-order valence-electron chi connectivity index (χ3n) is 10.7. The van der Waals surface area contributed by atoms with Crippen LogP contribution in [0.15, 0.2) is 126 Å². The van der Waals surface area contributed by atoms with Gasteiger partial charge in [-0.3, -0.25) is 34.7 Å². The number of hydrogen-bond acceptors (Lipinski definition) is 9. The van der Waals surface area contributed by atoms with Crippen LogP contribution in [-0.2, 0) is 22.7 Å². The van der Waals surface area contributed by atoms with E-state index >= 15 is 0 Å². The summed E-state index contributed by atoms with van der Waals surface area (Å²) in [6.45, 7) is 3.76. The summed E-state index contributed by atoms with van der Waals surface area (Å²) in [5, 5.41) is 30.5. The lowest BCUT2D eigenvalue weighted by molar-refractivity contribution is -0.115. The van der Waals surface area contributed by atoms with Gasteiger partial charge >= 0.3 is 0 Å². The number of carbonyl (C=O) groups is 4. The SMILES string of the molecule is O=C1NC(=O)c2ccc(Br)cc2/C1=C/Nc1ccc(CN2CCC(CCO)CC2)cc1.O=C1NC(=O)c2ccc(I)cc2/C1=C/NCc1ccc(-c2ccccc2)c(O)c1. The number of anilines is 1. The number of halogens is 2. The molecule has 0 radical (unpaired) electrons. The summed E-state index contributed by atoms with van der Waals surface area (Å²) in [4.78, 5) is 51.2. The number of rotatable bonds is 10. The summed E-state index contributed by atoms with van der Waals surface area (Å²) in [7, 11) is 0. The lowest BCUT2D eigenvalue weighted by Gasteiger charge is -2.31. The summed E-state index contributed by atoms with van der Waals surface area (Å²) < 4.78 is 1.75. The summed E-state index contributed by atoms with van der Waals surface area (Å²) in [6, 6.07) is 34.0. The maximum atomic E-state index is 12.4. The van der Waals surface area contributed by atoms with Gasteiger partial charge in [-0.2, -0.15) is 0 Å². The lowest BCUT2D eigenvalue weighted by atomic mass is 9.94. The quantitative estimate of drug-likeness (QED) is 0.0466. The van der Waals surface area contributed by atoms with Gasteiger partial charge in [0.25, 0.3) is 23.6 Å². The minimum atomic E-state index is -0.431. The van der Waals surface area contributed by atoms with Gasteiger partial charge in [0.05, 0.1) is 11.1 Å². The van der Waals surface area contributed by atoms with Crippen molar-refractivity contribution < 1.29 is 29.4 Å². The Morgan fingerprint density at radius 3 is 1.98 bits per heavy atom. The van der Waals surface area contributed by atoms with E-state index in [1.54, 1.807) is 42.7 Å². The molecule has 6 N–H and O–H groups in total. The van der Waals surface area contributed by atoms with Crippen LogP contribution in [0.3, 0.4) is 0 Å². The number of amides is 4. The zero-order valence-electron chi connectivity index (χ0n) is 32.5. The normalized spacial score (nSPS) is 16.6. The molecule has 11 nitrogen and oxygen atoms in total. The van der Waals surface area contributed by atoms with Gasteiger partial charge in [0.1, 0.15) is 5.75 Å². The van der Waals surface area contributed by atoms with E-state index in [2.05, 4.69) is 76.8 Å². The molecule has 4 amide bonds. The minimum absolute atomic E-state index is 0.198. The largest absolute Gasteiger partial charge is 0.507 e. The van der Waals surface area contributed by atoms with Crippen molar-refractivity contribution in [3.05, 3.63) is 163 Å². The third kappa shape index (κ3) is 10.4. The first-order valence-corrected chi connectivity index (χ1v) is 21.4. The second kappa shape index (κ2) is 19.6. The molecule has 5 aromatic rings. The van der Waals surface area contributed by atoms with E-state index in [-0.39, 0.29) is 24.2 Å². The number of carbonyl (C=O) groups excluding carboxylic acids is 4. The van der Waals surface area contributed by atoms with Crippen LogP contribution in [-0.4, -0.2) is 58.4 Å². The fourth-order valence-electron chi connectivity index (χ4n) is 7.44. The molecule has 0 bridgehead atoms. The van der Waals surface area contributed by atoms with Gasteiger partial charge in [-0.1, -0.05) is 70.5 Å². The highest BCUT2D eigenvalue weighted by molar-refractivity contribution is 14.1. The van der Waals surface area contributed by atoms with E-state index in [0.717, 1.165) is 69.3 Å². The van der Waals surface area contributed by atoms with Crippen LogP contribution in [0.4, 0.5) is 5.69 Å². The van der Waals surface area contributed by atoms with Crippen LogP contribution in [0.25, 0.3) is 22.3 Å². The molecule has 5 aromatic carbocycles. The summed E-state index contributed by atoms with van der Waals surface area (Å²) >= 11 is 5.56. The van der Waals surface area contributed by atoms with Gasteiger partial charge in [-0.05, 0) is 132 Å². The van der Waals surface area contributed by atoms with Crippen LogP contribution in [0.5, 0.6) is 5.75 Å². The van der Waals surface area contributed by atoms with Gasteiger partial charge in [0.15, 0.2) is 0 Å². The average Bonchev–Trinajstić information content (AvgIpc) is 3.24. The van der Waals surface area contributed by atoms with Crippen LogP contribution < -0.4 is 21.3 Å². The molecule has 0 aliphatic carbocycles. The number of benzene rings is 5. The van der Waals surface area contributed by atoms with Crippen molar-refractivity contribution in [1.29, 1.82) is 0 Å². The molecule has 1 saturated heterocycles. The van der Waals surface area contributed by atoms with E-state index in [1.807, 2.05) is 66.7 Å². The van der Waals surface area contributed by atoms with Crippen LogP contribution in [0.2, 0.25) is 0 Å². The van der Waals surface area contributed by atoms with E-state index in [9.17, 15) is 24.3 Å². The first-order valence-electron chi connectivity index (χ1n) is 19.6. The fraction of sp³-hybridized carbons (Fsp3) is 0.191. The van der Waals surface area contributed by atoms with Crippen molar-refractivity contribution in [2.75, 3.05) is 25.0 Å². The smallest absolute Gasteiger partial charge is 0.260 e. The molecule has 3 heterocycles. The Balaban J connectivity index is 0.000000182. The van der Waals surface area contributed by atoms with Gasteiger partial charge in [-0.25, -0.2) is 0 Å².